The number of fused-ring (bicyclic) bond motifs is 3. The Kier molecular flexibility index (Phi) is 5.74. The zero-order chi connectivity index (χ0) is 26.7. The highest BCUT2D eigenvalue weighted by atomic mass is 16.6. The molecule has 3 aliphatic rings. The summed E-state index contributed by atoms with van der Waals surface area (Å²) >= 11 is 0. The van der Waals surface area contributed by atoms with Crippen molar-refractivity contribution in [3.63, 3.8) is 0 Å². The molecule has 0 fully saturated rings. The van der Waals surface area contributed by atoms with Crippen LogP contribution in [0.1, 0.15) is 51.0 Å². The molecule has 1 aromatic carbocycles. The highest BCUT2D eigenvalue weighted by Crippen LogP contribution is 2.47. The van der Waals surface area contributed by atoms with Crippen molar-refractivity contribution in [2.45, 2.75) is 51.6 Å². The zero-order valence-electron chi connectivity index (χ0n) is 19.5. The normalized spacial score (nSPS) is 23.1. The van der Waals surface area contributed by atoms with E-state index in [4.69, 9.17) is 14.2 Å². The van der Waals surface area contributed by atoms with Crippen molar-refractivity contribution in [2.24, 2.45) is 0 Å². The van der Waals surface area contributed by atoms with Crippen LogP contribution < -0.4 is 16.2 Å². The molecular weight excluding hydrogens is 476 g/mol. The number of benzene rings is 1. The summed E-state index contributed by atoms with van der Waals surface area (Å²) in [5.74, 6) is -3.19. The van der Waals surface area contributed by atoms with Gasteiger partial charge in [0.25, 0.3) is 0 Å². The topological polar surface area (TPSA) is 190 Å². The minimum absolute atomic E-state index is 0.184. The number of nitrogens with zero attached hydrogens (tertiary/aromatic N) is 2. The van der Waals surface area contributed by atoms with Crippen molar-refractivity contribution < 1.29 is 43.6 Å². The van der Waals surface area contributed by atoms with Gasteiger partial charge in [-0.25, -0.2) is 0 Å². The fourth-order valence-electron chi connectivity index (χ4n) is 4.90. The van der Waals surface area contributed by atoms with E-state index >= 15 is 0 Å². The first-order chi connectivity index (χ1) is 16.8. The molecule has 0 amide bonds. The van der Waals surface area contributed by atoms with Gasteiger partial charge in [0.1, 0.15) is 16.6 Å². The third kappa shape index (κ3) is 3.46. The zero-order valence-corrected chi connectivity index (χ0v) is 19.5. The lowest BCUT2D eigenvalue weighted by Crippen LogP contribution is -2.56. The van der Waals surface area contributed by atoms with Crippen LogP contribution in [-0.2, 0) is 28.6 Å². The third-order valence-corrected chi connectivity index (χ3v) is 6.17. The van der Waals surface area contributed by atoms with E-state index in [0.717, 1.165) is 27.7 Å². The molecule has 0 saturated carbocycles. The molecule has 0 spiro atoms. The maximum Gasteiger partial charge on any atom is 0.334 e. The van der Waals surface area contributed by atoms with Crippen molar-refractivity contribution in [3.8, 4) is 5.75 Å². The number of hydrogen-bond donors (Lipinski definition) is 2. The lowest BCUT2D eigenvalue weighted by Gasteiger charge is -2.44. The number of hydrogen-bond acceptors (Lipinski definition) is 10. The molecule has 12 heteroatoms. The summed E-state index contributed by atoms with van der Waals surface area (Å²) in [6.07, 6.45) is -5.10. The molecule has 1 aromatic rings. The third-order valence-electron chi connectivity index (χ3n) is 6.17. The number of esters is 3. The van der Waals surface area contributed by atoms with E-state index in [0.29, 0.717) is 0 Å². The summed E-state index contributed by atoms with van der Waals surface area (Å²) in [4.78, 5) is 66.3. The molecule has 0 bridgehead atoms. The minimum atomic E-state index is -2.29. The van der Waals surface area contributed by atoms with Gasteiger partial charge in [0.05, 0.1) is 10.9 Å². The Morgan fingerprint density at radius 2 is 1.56 bits per heavy atom. The molecule has 186 valence electrons. The van der Waals surface area contributed by atoms with Gasteiger partial charge in [-0.2, -0.15) is 4.79 Å². The Labute approximate surface area is 201 Å². The van der Waals surface area contributed by atoms with Crippen molar-refractivity contribution >= 4 is 28.7 Å². The second kappa shape index (κ2) is 8.36. The van der Waals surface area contributed by atoms with Crippen LogP contribution in [0, 0.1) is 10.4 Å². The van der Waals surface area contributed by atoms with E-state index in [1.54, 1.807) is 0 Å². The van der Waals surface area contributed by atoms with Gasteiger partial charge in [0.15, 0.2) is 23.7 Å². The van der Waals surface area contributed by atoms with Crippen molar-refractivity contribution in [2.75, 3.05) is 0 Å². The number of aromatic hydroxyl groups is 1. The number of aliphatic hydroxyl groups is 1. The molecule has 12 nitrogen and oxygen atoms in total. The SMILES string of the molecule is CC(=O)O[C@@H]1c2c(c(=[N+]=[N-])c3c(=O)c4c(O)cccc4c(=O)c2=3)[C@@H](OC(C)=O)[C@@](C)(O)[C@@H]1OC(C)=O. The van der Waals surface area contributed by atoms with Crippen LogP contribution in [-0.4, -0.2) is 44.6 Å². The van der Waals surface area contributed by atoms with Gasteiger partial charge >= 0.3 is 23.3 Å². The molecular formula is C24H20N2O10. The number of ether oxygens (including phenoxy) is 3. The van der Waals surface area contributed by atoms with Gasteiger partial charge in [0.2, 0.25) is 5.43 Å². The molecule has 0 radical (unpaired) electrons. The van der Waals surface area contributed by atoms with Crippen LogP contribution in [0.25, 0.3) is 16.3 Å². The van der Waals surface area contributed by atoms with E-state index < -0.39 is 69.0 Å². The molecule has 36 heavy (non-hydrogen) atoms. The van der Waals surface area contributed by atoms with Crippen molar-refractivity contribution in [1.82, 2.24) is 0 Å². The maximum absolute atomic E-state index is 13.7. The van der Waals surface area contributed by atoms with E-state index in [2.05, 4.69) is 4.79 Å². The van der Waals surface area contributed by atoms with Gasteiger partial charge in [-0.1, -0.05) is 12.1 Å². The first-order valence-electron chi connectivity index (χ1n) is 10.7. The quantitative estimate of drug-likeness (QED) is 0.214. The van der Waals surface area contributed by atoms with Crippen LogP contribution in [0.5, 0.6) is 5.75 Å². The van der Waals surface area contributed by atoms with E-state index in [1.165, 1.54) is 18.2 Å². The summed E-state index contributed by atoms with van der Waals surface area (Å²) in [7, 11) is 0. The summed E-state index contributed by atoms with van der Waals surface area (Å²) in [6.45, 7) is 4.22. The summed E-state index contributed by atoms with van der Waals surface area (Å²) in [5.41, 5.74) is 5.44. The standard InChI is InChI=1S/C24H20N2O10/c1-8(27)34-21-15-14-16(20(32)13-11(19(14)31)6-5-7-12(13)30)18(26-25)17(15)22(35-9(2)28)24(4,33)23(21)36-10(3)29/h5-7,21-23,30,33H,1-4H3/t21-,22-,23-,24-/m1/s1. The fourth-order valence-corrected chi connectivity index (χ4v) is 4.90. The molecule has 0 aromatic heterocycles. The highest BCUT2D eigenvalue weighted by Gasteiger charge is 2.58. The van der Waals surface area contributed by atoms with E-state index in [9.17, 15) is 39.7 Å². The Hall–Kier alpha value is -4.41. The largest absolute Gasteiger partial charge is 0.507 e. The number of rotatable bonds is 3. The number of phenols is 1. The smallest absolute Gasteiger partial charge is 0.334 e. The molecule has 4 rings (SSSR count). The number of carbonyl (C=O) groups is 3. The van der Waals surface area contributed by atoms with E-state index in [-0.39, 0.29) is 27.1 Å². The molecule has 3 aliphatic carbocycles. The van der Waals surface area contributed by atoms with E-state index in [1.807, 2.05) is 0 Å². The highest BCUT2D eigenvalue weighted by molar-refractivity contribution is 5.88. The Morgan fingerprint density at radius 3 is 2.11 bits per heavy atom. The van der Waals surface area contributed by atoms with Gasteiger partial charge in [-0.3, -0.25) is 24.0 Å². The molecule has 0 heterocycles. The van der Waals surface area contributed by atoms with Crippen LogP contribution in [0.15, 0.2) is 27.8 Å². The van der Waals surface area contributed by atoms with Crippen LogP contribution in [0.3, 0.4) is 0 Å². The lowest BCUT2D eigenvalue weighted by molar-refractivity contribution is -0.222. The maximum atomic E-state index is 13.7. The Bertz CT molecular complexity index is 1710. The monoisotopic (exact) mass is 496 g/mol. The van der Waals surface area contributed by atoms with Crippen LogP contribution in [0.4, 0.5) is 0 Å². The average molecular weight is 496 g/mol. The molecule has 0 aliphatic heterocycles. The van der Waals surface area contributed by atoms with Gasteiger partial charge in [0, 0.05) is 36.9 Å². The lowest BCUT2D eigenvalue weighted by atomic mass is 9.75. The summed E-state index contributed by atoms with van der Waals surface area (Å²) < 4.78 is 16.0. The summed E-state index contributed by atoms with van der Waals surface area (Å²) in [5, 5.41) is 19.9. The minimum Gasteiger partial charge on any atom is -0.507 e. The Balaban J connectivity index is 2.34. The predicted octanol–water partition coefficient (Wildman–Crippen LogP) is -0.0986. The van der Waals surface area contributed by atoms with Gasteiger partial charge < -0.3 is 30.0 Å². The number of phenolic OH excluding ortho intramolecular Hbond substituents is 1. The fraction of sp³-hybridized carbons (Fsp3) is 0.333. The average Bonchev–Trinajstić information content (AvgIpc) is 3.12. The van der Waals surface area contributed by atoms with Gasteiger partial charge in [-0.05, 0) is 13.0 Å². The molecule has 0 unspecified atom stereocenters. The van der Waals surface area contributed by atoms with Crippen LogP contribution in [0.2, 0.25) is 0 Å². The first-order valence-corrected chi connectivity index (χ1v) is 10.7. The van der Waals surface area contributed by atoms with Crippen LogP contribution >= 0.6 is 0 Å². The predicted molar refractivity (Wildman–Crippen MR) is 118 cm³/mol. The molecule has 2 N–H and O–H groups in total. The second-order valence-corrected chi connectivity index (χ2v) is 8.66. The second-order valence-electron chi connectivity index (χ2n) is 8.66. The number of carbonyl (C=O) groups excluding carboxylic acids is 3. The first kappa shape index (κ1) is 24.7. The van der Waals surface area contributed by atoms with Gasteiger partial charge in [-0.15, -0.1) is 0 Å². The van der Waals surface area contributed by atoms with Crippen molar-refractivity contribution in [1.29, 1.82) is 0 Å². The van der Waals surface area contributed by atoms with Crippen molar-refractivity contribution in [3.05, 3.63) is 71.1 Å². The molecule has 4 atom stereocenters. The summed E-state index contributed by atoms with van der Waals surface area (Å²) in [6, 6.07) is 3.83. The Morgan fingerprint density at radius 1 is 0.944 bits per heavy atom. The molecule has 0 saturated heterocycles.